The summed E-state index contributed by atoms with van der Waals surface area (Å²) in [4.78, 5) is 4.40. The Balaban J connectivity index is 2.78. The van der Waals surface area contributed by atoms with Gasteiger partial charge in [-0.15, -0.1) is 11.8 Å². The summed E-state index contributed by atoms with van der Waals surface area (Å²) in [5, 5.41) is 10.9. The summed E-state index contributed by atoms with van der Waals surface area (Å²) in [5.74, 6) is 0. The molecule has 0 aliphatic carbocycles. The van der Waals surface area contributed by atoms with Crippen molar-refractivity contribution >= 4 is 22.7 Å². The van der Waals surface area contributed by atoms with Crippen molar-refractivity contribution in [2.75, 3.05) is 6.26 Å². The van der Waals surface area contributed by atoms with E-state index in [1.165, 1.54) is 0 Å². The summed E-state index contributed by atoms with van der Waals surface area (Å²) in [7, 11) is 0. The number of aromatic nitrogens is 1. The summed E-state index contributed by atoms with van der Waals surface area (Å²) in [5.41, 5.74) is 1.43. The van der Waals surface area contributed by atoms with Crippen LogP contribution in [0.2, 0.25) is 0 Å². The molecule has 0 aliphatic rings. The Morgan fingerprint density at radius 3 is 2.86 bits per heavy atom. The van der Waals surface area contributed by atoms with E-state index in [4.69, 9.17) is 5.26 Å². The van der Waals surface area contributed by atoms with E-state index in [0.717, 1.165) is 15.9 Å². The highest BCUT2D eigenvalue weighted by atomic mass is 32.2. The molecule has 1 heterocycles. The fourth-order valence-electron chi connectivity index (χ4n) is 1.33. The number of pyridine rings is 1. The lowest BCUT2D eigenvalue weighted by Crippen LogP contribution is -1.85. The fourth-order valence-corrected chi connectivity index (χ4v) is 1.72. The van der Waals surface area contributed by atoms with Gasteiger partial charge in [-0.25, -0.2) is 4.98 Å². The van der Waals surface area contributed by atoms with Gasteiger partial charge in [-0.2, -0.15) is 5.26 Å². The van der Waals surface area contributed by atoms with E-state index >= 15 is 0 Å². The van der Waals surface area contributed by atoms with Gasteiger partial charge in [0.15, 0.2) is 0 Å². The molecule has 0 radical (unpaired) electrons. The van der Waals surface area contributed by atoms with Gasteiger partial charge in [0, 0.05) is 5.39 Å². The number of para-hydroxylation sites is 1. The minimum absolute atomic E-state index is 0.637. The SMILES string of the molecule is CSc1ccc2cccc(C#N)c2n1. The van der Waals surface area contributed by atoms with E-state index in [0.29, 0.717) is 5.56 Å². The normalized spacial score (nSPS) is 10.0. The van der Waals surface area contributed by atoms with Crippen LogP contribution < -0.4 is 0 Å². The number of thioether (sulfide) groups is 1. The van der Waals surface area contributed by atoms with Gasteiger partial charge in [-0.3, -0.25) is 0 Å². The average Bonchev–Trinajstić information content (AvgIpc) is 2.27. The first-order chi connectivity index (χ1) is 6.85. The van der Waals surface area contributed by atoms with E-state index in [9.17, 15) is 0 Å². The van der Waals surface area contributed by atoms with Gasteiger partial charge in [0.25, 0.3) is 0 Å². The molecule has 0 atom stereocenters. The van der Waals surface area contributed by atoms with Crippen LogP contribution >= 0.6 is 11.8 Å². The second-order valence-electron chi connectivity index (χ2n) is 2.84. The topological polar surface area (TPSA) is 36.7 Å². The number of hydrogen-bond donors (Lipinski definition) is 0. The first kappa shape index (κ1) is 9.04. The third-order valence-corrected chi connectivity index (χ3v) is 2.67. The smallest absolute Gasteiger partial charge is 0.101 e. The van der Waals surface area contributed by atoms with Gasteiger partial charge < -0.3 is 0 Å². The van der Waals surface area contributed by atoms with Crippen molar-refractivity contribution in [1.29, 1.82) is 5.26 Å². The third kappa shape index (κ3) is 1.45. The maximum Gasteiger partial charge on any atom is 0.101 e. The van der Waals surface area contributed by atoms with E-state index in [-0.39, 0.29) is 0 Å². The predicted molar refractivity (Wildman–Crippen MR) is 58.2 cm³/mol. The molecule has 0 fully saturated rings. The van der Waals surface area contributed by atoms with Crippen molar-refractivity contribution in [2.24, 2.45) is 0 Å². The summed E-state index contributed by atoms with van der Waals surface area (Å²) >= 11 is 1.58. The van der Waals surface area contributed by atoms with Crippen molar-refractivity contribution < 1.29 is 0 Å². The maximum atomic E-state index is 8.90. The second-order valence-corrected chi connectivity index (χ2v) is 3.67. The van der Waals surface area contributed by atoms with Crippen molar-refractivity contribution in [1.82, 2.24) is 4.98 Å². The molecule has 0 N–H and O–H groups in total. The highest BCUT2D eigenvalue weighted by Crippen LogP contribution is 2.20. The molecule has 0 saturated carbocycles. The summed E-state index contributed by atoms with van der Waals surface area (Å²) < 4.78 is 0. The van der Waals surface area contributed by atoms with Gasteiger partial charge in [0.2, 0.25) is 0 Å². The molecule has 14 heavy (non-hydrogen) atoms. The number of nitrogens with zero attached hydrogens (tertiary/aromatic N) is 2. The number of rotatable bonds is 1. The van der Waals surface area contributed by atoms with Crippen LogP contribution in [-0.4, -0.2) is 11.2 Å². The molecule has 0 spiro atoms. The molecule has 68 valence electrons. The van der Waals surface area contributed by atoms with Crippen LogP contribution in [0.1, 0.15) is 5.56 Å². The first-order valence-corrected chi connectivity index (χ1v) is 5.41. The van der Waals surface area contributed by atoms with Crippen molar-refractivity contribution in [3.05, 3.63) is 35.9 Å². The molecule has 0 bridgehead atoms. The van der Waals surface area contributed by atoms with E-state index < -0.39 is 0 Å². The minimum atomic E-state index is 0.637. The lowest BCUT2D eigenvalue weighted by Gasteiger charge is -2.00. The Labute approximate surface area is 86.6 Å². The quantitative estimate of drug-likeness (QED) is 0.664. The van der Waals surface area contributed by atoms with Crippen molar-refractivity contribution in [3.8, 4) is 6.07 Å². The van der Waals surface area contributed by atoms with Crippen LogP contribution in [-0.2, 0) is 0 Å². The van der Waals surface area contributed by atoms with Gasteiger partial charge in [-0.1, -0.05) is 18.2 Å². The predicted octanol–water partition coefficient (Wildman–Crippen LogP) is 2.83. The number of nitriles is 1. The van der Waals surface area contributed by atoms with Crippen LogP contribution in [0.5, 0.6) is 0 Å². The average molecular weight is 200 g/mol. The van der Waals surface area contributed by atoms with E-state index in [2.05, 4.69) is 11.1 Å². The van der Waals surface area contributed by atoms with Crippen LogP contribution in [0.15, 0.2) is 35.4 Å². The molecule has 0 aliphatic heterocycles. The standard InChI is InChI=1S/C11H8N2S/c1-14-10-6-5-8-3-2-4-9(7-12)11(8)13-10/h2-6H,1H3. The highest BCUT2D eigenvalue weighted by molar-refractivity contribution is 7.98. The zero-order valence-electron chi connectivity index (χ0n) is 7.69. The van der Waals surface area contributed by atoms with Gasteiger partial charge >= 0.3 is 0 Å². The zero-order chi connectivity index (χ0) is 9.97. The van der Waals surface area contributed by atoms with Gasteiger partial charge in [-0.05, 0) is 18.4 Å². The molecule has 0 amide bonds. The fraction of sp³-hybridized carbons (Fsp3) is 0.0909. The molecule has 1 aromatic carbocycles. The Bertz CT molecular complexity index is 514. The Morgan fingerprint density at radius 1 is 1.29 bits per heavy atom. The largest absolute Gasteiger partial charge is 0.240 e. The zero-order valence-corrected chi connectivity index (χ0v) is 8.51. The van der Waals surface area contributed by atoms with Crippen molar-refractivity contribution in [2.45, 2.75) is 5.03 Å². The van der Waals surface area contributed by atoms with Gasteiger partial charge in [0.1, 0.15) is 6.07 Å². The van der Waals surface area contributed by atoms with E-state index in [1.54, 1.807) is 17.8 Å². The summed E-state index contributed by atoms with van der Waals surface area (Å²) in [6.07, 6.45) is 1.98. The second kappa shape index (κ2) is 3.69. The van der Waals surface area contributed by atoms with Crippen LogP contribution in [0, 0.1) is 11.3 Å². The molecular formula is C11H8N2S. The molecule has 2 rings (SSSR count). The summed E-state index contributed by atoms with van der Waals surface area (Å²) in [6.45, 7) is 0. The van der Waals surface area contributed by atoms with Crippen LogP contribution in [0.25, 0.3) is 10.9 Å². The first-order valence-electron chi connectivity index (χ1n) is 4.19. The summed E-state index contributed by atoms with van der Waals surface area (Å²) in [6, 6.07) is 11.7. The molecule has 1 aromatic heterocycles. The Kier molecular flexibility index (Phi) is 2.38. The molecule has 2 nitrogen and oxygen atoms in total. The molecule has 0 unspecified atom stereocenters. The molecule has 3 heteroatoms. The van der Waals surface area contributed by atoms with Crippen LogP contribution in [0.4, 0.5) is 0 Å². The lowest BCUT2D eigenvalue weighted by molar-refractivity contribution is 1.19. The minimum Gasteiger partial charge on any atom is -0.240 e. The maximum absolute atomic E-state index is 8.90. The molecular weight excluding hydrogens is 192 g/mol. The Morgan fingerprint density at radius 2 is 2.14 bits per heavy atom. The number of benzene rings is 1. The number of fused-ring (bicyclic) bond motifs is 1. The van der Waals surface area contributed by atoms with Crippen molar-refractivity contribution in [3.63, 3.8) is 0 Å². The van der Waals surface area contributed by atoms with Crippen LogP contribution in [0.3, 0.4) is 0 Å². The highest BCUT2D eigenvalue weighted by Gasteiger charge is 2.01. The Hall–Kier alpha value is -1.53. The van der Waals surface area contributed by atoms with Gasteiger partial charge in [0.05, 0.1) is 16.1 Å². The molecule has 2 aromatic rings. The molecule has 0 saturated heterocycles. The third-order valence-electron chi connectivity index (χ3n) is 2.02. The monoisotopic (exact) mass is 200 g/mol. The number of hydrogen-bond acceptors (Lipinski definition) is 3. The lowest BCUT2D eigenvalue weighted by atomic mass is 10.1. The van der Waals surface area contributed by atoms with E-state index in [1.807, 2.05) is 30.5 Å².